The van der Waals surface area contributed by atoms with Crippen LogP contribution in [0, 0.1) is 18.8 Å². The van der Waals surface area contributed by atoms with Gasteiger partial charge in [-0.3, -0.25) is 0 Å². The summed E-state index contributed by atoms with van der Waals surface area (Å²) in [6.07, 6.45) is 9.65. The summed E-state index contributed by atoms with van der Waals surface area (Å²) in [7, 11) is 0. The van der Waals surface area contributed by atoms with Crippen LogP contribution in [-0.4, -0.2) is 0 Å². The number of rotatable bonds is 6. The minimum Gasteiger partial charge on any atom is -0.103 e. The summed E-state index contributed by atoms with van der Waals surface area (Å²) < 4.78 is 0. The van der Waals surface area contributed by atoms with E-state index in [4.69, 9.17) is 0 Å². The third-order valence-electron chi connectivity index (χ3n) is 1.80. The molecule has 0 saturated heterocycles. The average Bonchev–Trinajstić information content (AvgIpc) is 2.10. The first-order valence-corrected chi connectivity index (χ1v) is 5.16. The molecule has 0 bridgehead atoms. The summed E-state index contributed by atoms with van der Waals surface area (Å²) in [5, 5.41) is 0. The van der Waals surface area contributed by atoms with Crippen molar-refractivity contribution >= 4 is 0 Å². The Bertz CT molecular complexity index is 125. The van der Waals surface area contributed by atoms with Gasteiger partial charge in [0, 0.05) is 12.8 Å². The van der Waals surface area contributed by atoms with Crippen molar-refractivity contribution in [3.8, 4) is 11.8 Å². The fourth-order valence-electron chi connectivity index (χ4n) is 1.05. The van der Waals surface area contributed by atoms with Crippen molar-refractivity contribution in [2.45, 2.75) is 58.3 Å². The summed E-state index contributed by atoms with van der Waals surface area (Å²) in [6.45, 7) is 5.99. The van der Waals surface area contributed by atoms with Crippen LogP contribution in [0.2, 0.25) is 0 Å². The summed E-state index contributed by atoms with van der Waals surface area (Å²) in [5.41, 5.74) is 0. The molecule has 0 heterocycles. The van der Waals surface area contributed by atoms with Crippen molar-refractivity contribution in [2.75, 3.05) is 0 Å². The molecule has 0 heteroatoms. The molecule has 0 atom stereocenters. The van der Waals surface area contributed by atoms with Gasteiger partial charge in [-0.25, -0.2) is 0 Å². The first-order chi connectivity index (χ1) is 5.91. The van der Waals surface area contributed by atoms with E-state index >= 15 is 0 Å². The molecule has 0 spiro atoms. The van der Waals surface area contributed by atoms with Crippen LogP contribution < -0.4 is 0 Å². The Morgan fingerprint density at radius 1 is 0.917 bits per heavy atom. The van der Waals surface area contributed by atoms with Gasteiger partial charge in [-0.2, -0.15) is 0 Å². The lowest BCUT2D eigenvalue weighted by molar-refractivity contribution is 0.655. The van der Waals surface area contributed by atoms with E-state index < -0.39 is 0 Å². The van der Waals surface area contributed by atoms with E-state index in [0.717, 1.165) is 19.3 Å². The molecule has 0 fully saturated rings. The summed E-state index contributed by atoms with van der Waals surface area (Å²) >= 11 is 0. The molecule has 0 nitrogen and oxygen atoms in total. The highest BCUT2D eigenvalue weighted by molar-refractivity contribution is 4.98. The average molecular weight is 165 g/mol. The summed E-state index contributed by atoms with van der Waals surface area (Å²) in [6, 6.07) is 0. The first kappa shape index (κ1) is 11.6. The summed E-state index contributed by atoms with van der Waals surface area (Å²) in [4.78, 5) is 0. The first-order valence-electron chi connectivity index (χ1n) is 5.16. The maximum atomic E-state index is 3.82. The van der Waals surface area contributed by atoms with Crippen LogP contribution in [0.3, 0.4) is 0 Å². The lowest BCUT2D eigenvalue weighted by Gasteiger charge is -1.94. The molecule has 0 aromatic heterocycles. The van der Waals surface area contributed by atoms with Crippen molar-refractivity contribution in [1.82, 2.24) is 0 Å². The molecule has 0 unspecified atom stereocenters. The van der Waals surface area contributed by atoms with Crippen molar-refractivity contribution in [3.63, 3.8) is 0 Å². The molecular formula is C12H21. The van der Waals surface area contributed by atoms with Gasteiger partial charge in [-0.05, 0) is 12.8 Å². The fourth-order valence-corrected chi connectivity index (χ4v) is 1.05. The van der Waals surface area contributed by atoms with Gasteiger partial charge in [-0.15, -0.1) is 11.8 Å². The van der Waals surface area contributed by atoms with Gasteiger partial charge in [0.05, 0.1) is 0 Å². The number of hydrogen-bond acceptors (Lipinski definition) is 0. The maximum absolute atomic E-state index is 3.82. The molecule has 69 valence electrons. The topological polar surface area (TPSA) is 0 Å². The molecular weight excluding hydrogens is 144 g/mol. The zero-order valence-corrected chi connectivity index (χ0v) is 8.36. The molecule has 0 aromatic carbocycles. The number of unbranched alkanes of at least 4 members (excludes halogenated alkanes) is 6. The van der Waals surface area contributed by atoms with Crippen LogP contribution in [0.25, 0.3) is 0 Å². The van der Waals surface area contributed by atoms with E-state index in [1.54, 1.807) is 0 Å². The Labute approximate surface area is 77.8 Å². The standard InChI is InChI=1S/C12H21/c1-3-5-7-9-11-12-10-8-6-4-2/h1,3-7,9,11-12H2,2H3. The maximum Gasteiger partial charge on any atom is 0.00886 e. The Kier molecular flexibility index (Phi) is 10.2. The molecule has 0 aliphatic heterocycles. The SMILES string of the molecule is [CH2]CCCCCCC#CCCC. The lowest BCUT2D eigenvalue weighted by atomic mass is 10.1. The monoisotopic (exact) mass is 165 g/mol. The van der Waals surface area contributed by atoms with Gasteiger partial charge in [0.2, 0.25) is 0 Å². The second kappa shape index (κ2) is 10.6. The van der Waals surface area contributed by atoms with E-state index in [2.05, 4.69) is 25.7 Å². The largest absolute Gasteiger partial charge is 0.103 e. The zero-order chi connectivity index (χ0) is 9.07. The molecule has 0 aliphatic carbocycles. The second-order valence-electron chi connectivity index (χ2n) is 3.12. The molecule has 0 amide bonds. The van der Waals surface area contributed by atoms with Gasteiger partial charge in [-0.1, -0.05) is 39.5 Å². The molecule has 1 radical (unpaired) electrons. The fraction of sp³-hybridized carbons (Fsp3) is 0.750. The van der Waals surface area contributed by atoms with E-state index in [0.29, 0.717) is 0 Å². The Balaban J connectivity index is 2.96. The molecule has 0 aromatic rings. The smallest absolute Gasteiger partial charge is 0.00886 e. The summed E-state index contributed by atoms with van der Waals surface area (Å²) in [5.74, 6) is 6.36. The van der Waals surface area contributed by atoms with E-state index in [1.165, 1.54) is 32.1 Å². The highest BCUT2D eigenvalue weighted by Crippen LogP contribution is 2.03. The Hall–Kier alpha value is -0.440. The van der Waals surface area contributed by atoms with Crippen LogP contribution >= 0.6 is 0 Å². The molecule has 0 saturated carbocycles. The predicted molar refractivity (Wildman–Crippen MR) is 55.7 cm³/mol. The van der Waals surface area contributed by atoms with Crippen LogP contribution in [0.4, 0.5) is 0 Å². The van der Waals surface area contributed by atoms with Crippen molar-refractivity contribution in [1.29, 1.82) is 0 Å². The van der Waals surface area contributed by atoms with Crippen LogP contribution in [0.5, 0.6) is 0 Å². The third kappa shape index (κ3) is 9.56. The van der Waals surface area contributed by atoms with Gasteiger partial charge in [0.15, 0.2) is 0 Å². The normalized spacial score (nSPS) is 9.17. The zero-order valence-electron chi connectivity index (χ0n) is 8.36. The highest BCUT2D eigenvalue weighted by Gasteiger charge is 1.85. The highest BCUT2D eigenvalue weighted by atomic mass is 13.9. The minimum atomic E-state index is 1.07. The lowest BCUT2D eigenvalue weighted by Crippen LogP contribution is -1.76. The Morgan fingerprint density at radius 2 is 1.58 bits per heavy atom. The molecule has 0 rings (SSSR count). The van der Waals surface area contributed by atoms with Gasteiger partial charge in [0.1, 0.15) is 0 Å². The van der Waals surface area contributed by atoms with Crippen molar-refractivity contribution in [2.24, 2.45) is 0 Å². The Morgan fingerprint density at radius 3 is 2.25 bits per heavy atom. The van der Waals surface area contributed by atoms with E-state index in [-0.39, 0.29) is 0 Å². The number of hydrogen-bond donors (Lipinski definition) is 0. The van der Waals surface area contributed by atoms with Gasteiger partial charge >= 0.3 is 0 Å². The molecule has 12 heavy (non-hydrogen) atoms. The molecule has 0 N–H and O–H groups in total. The van der Waals surface area contributed by atoms with Crippen LogP contribution in [0.15, 0.2) is 0 Å². The van der Waals surface area contributed by atoms with Crippen molar-refractivity contribution < 1.29 is 0 Å². The minimum absolute atomic E-state index is 1.07. The van der Waals surface area contributed by atoms with Crippen LogP contribution in [-0.2, 0) is 0 Å². The van der Waals surface area contributed by atoms with Crippen LogP contribution in [0.1, 0.15) is 58.3 Å². The van der Waals surface area contributed by atoms with E-state index in [1.807, 2.05) is 0 Å². The van der Waals surface area contributed by atoms with Crippen molar-refractivity contribution in [3.05, 3.63) is 6.92 Å². The predicted octanol–water partition coefficient (Wildman–Crippen LogP) is 3.96. The van der Waals surface area contributed by atoms with Gasteiger partial charge in [0.25, 0.3) is 0 Å². The molecule has 0 aliphatic rings. The van der Waals surface area contributed by atoms with Gasteiger partial charge < -0.3 is 0 Å². The second-order valence-corrected chi connectivity index (χ2v) is 3.12. The quantitative estimate of drug-likeness (QED) is 0.413. The van der Waals surface area contributed by atoms with E-state index in [9.17, 15) is 0 Å². The third-order valence-corrected chi connectivity index (χ3v) is 1.80.